The van der Waals surface area contributed by atoms with Crippen molar-refractivity contribution < 1.29 is 64.3 Å². The van der Waals surface area contributed by atoms with Crippen molar-refractivity contribution in [3.63, 3.8) is 0 Å². The number of nitrogens with one attached hydrogen (secondary N) is 2. The molecule has 4 saturated carbocycles. The summed E-state index contributed by atoms with van der Waals surface area (Å²) in [6, 6.07) is 2.53. The van der Waals surface area contributed by atoms with Gasteiger partial charge < -0.3 is 54.7 Å². The zero-order chi connectivity index (χ0) is 45.0. The number of carbonyl (C=O) groups excluding carboxylic acids is 1. The summed E-state index contributed by atoms with van der Waals surface area (Å²) in [5, 5.41) is 78.9. The Labute approximate surface area is 381 Å². The predicted molar refractivity (Wildman–Crippen MR) is 238 cm³/mol. The van der Waals surface area contributed by atoms with Crippen LogP contribution in [-0.4, -0.2) is 127 Å². The Balaban J connectivity index is 1.02. The third kappa shape index (κ3) is 6.63. The second kappa shape index (κ2) is 16.4. The molecule has 17 heteroatoms. The SMILES string of the molecule is CC(=O)c1c(C)c(O)c2cc(C(=O)O)cc(OC3OC(CO)C4(CCC56CC7(CC8COCC(CCO)(CSSCO4)C85)CC4(CCCC45CCCC5)CC7NN6)C(O)C3O)c2c1O. The van der Waals surface area contributed by atoms with Crippen molar-refractivity contribution in [3.05, 3.63) is 28.8 Å². The number of aromatic carboxylic acids is 1. The van der Waals surface area contributed by atoms with E-state index in [1.165, 1.54) is 76.0 Å². The summed E-state index contributed by atoms with van der Waals surface area (Å²) < 4.78 is 25.9. The molecule has 352 valence electrons. The molecule has 10 rings (SSSR count). The summed E-state index contributed by atoms with van der Waals surface area (Å²) in [6.07, 6.45) is 8.12. The molecule has 15 nitrogen and oxygen atoms in total. The van der Waals surface area contributed by atoms with Gasteiger partial charge in [-0.05, 0) is 125 Å². The van der Waals surface area contributed by atoms with Crippen molar-refractivity contribution >= 4 is 44.1 Å². The number of phenolic OH excluding ortho intramolecular Hbond substituents is 2. The van der Waals surface area contributed by atoms with E-state index in [1.54, 1.807) is 10.8 Å². The van der Waals surface area contributed by atoms with Crippen LogP contribution in [0.25, 0.3) is 10.8 Å². The number of carboxylic acid groups (broad SMARTS) is 1. The molecule has 9 N–H and O–H groups in total. The van der Waals surface area contributed by atoms with Crippen LogP contribution >= 0.6 is 21.6 Å². The van der Waals surface area contributed by atoms with Gasteiger partial charge in [0.25, 0.3) is 0 Å². The molecular formula is C47H64N2O13S2. The molecule has 0 radical (unpaired) electrons. The van der Waals surface area contributed by atoms with Crippen LogP contribution < -0.4 is 15.6 Å². The normalized spacial score (nSPS) is 41.5. The Morgan fingerprint density at radius 2 is 1.72 bits per heavy atom. The molecule has 5 spiro atoms. The maximum atomic E-state index is 12.7. The molecule has 2 bridgehead atoms. The lowest BCUT2D eigenvalue weighted by molar-refractivity contribution is -0.323. The molecule has 4 aliphatic carbocycles. The first-order valence-electron chi connectivity index (χ1n) is 23.3. The number of aromatic hydroxyl groups is 2. The van der Waals surface area contributed by atoms with Crippen LogP contribution in [0.1, 0.15) is 123 Å². The van der Waals surface area contributed by atoms with Crippen LogP contribution in [0, 0.1) is 40.4 Å². The molecule has 0 aromatic heterocycles. The van der Waals surface area contributed by atoms with Crippen molar-refractivity contribution in [3.8, 4) is 17.2 Å². The molecular weight excluding hydrogens is 865 g/mol. The number of aliphatic hydroxyl groups is 4. The number of hydrazine groups is 1. The minimum atomic E-state index is -1.82. The van der Waals surface area contributed by atoms with Crippen molar-refractivity contribution in [2.75, 3.05) is 38.1 Å². The van der Waals surface area contributed by atoms with E-state index < -0.39 is 65.6 Å². The van der Waals surface area contributed by atoms with Gasteiger partial charge in [0.1, 0.15) is 47.1 Å². The van der Waals surface area contributed by atoms with Gasteiger partial charge in [0.2, 0.25) is 6.29 Å². The lowest BCUT2D eigenvalue weighted by atomic mass is 9.46. The number of ether oxygens (including phenoxy) is 4. The van der Waals surface area contributed by atoms with Crippen LogP contribution in [0.15, 0.2) is 12.1 Å². The average Bonchev–Trinajstić information content (AvgIpc) is 3.97. The summed E-state index contributed by atoms with van der Waals surface area (Å²) in [7, 11) is 3.09. The van der Waals surface area contributed by atoms with Crippen LogP contribution in [0.2, 0.25) is 0 Å². The standard InChI is InChI=1S/C47H64N2O13S2/c1-25-33(26(2)52)36(54)34-29(35(25)53)14-27(40(57)58)15-30(34)61-41-37(55)39(56)47(32(18-51)62-41)11-10-46-21-43(16-28-19-59-22-42(12-13-50,38(28)46)23-63-64-24-60-47)20-45(17-31(43)48-49-46)9-5-8-44(45)6-3-4-7-44/h14-15,28,31-32,37-39,41,48-51,53-56H,3-13,16-24H2,1-2H3,(H,57,58). The molecule has 4 heterocycles. The van der Waals surface area contributed by atoms with Gasteiger partial charge in [-0.1, -0.05) is 40.9 Å². The molecule has 0 amide bonds. The van der Waals surface area contributed by atoms with E-state index in [0.717, 1.165) is 31.4 Å². The maximum Gasteiger partial charge on any atom is 0.335 e. The van der Waals surface area contributed by atoms with Gasteiger partial charge in [-0.15, -0.1) is 0 Å². The zero-order valence-corrected chi connectivity index (χ0v) is 38.4. The summed E-state index contributed by atoms with van der Waals surface area (Å²) >= 11 is 0. The molecule has 2 aromatic carbocycles. The fourth-order valence-electron chi connectivity index (χ4n) is 15.8. The maximum absolute atomic E-state index is 12.7. The van der Waals surface area contributed by atoms with Crippen molar-refractivity contribution in [1.82, 2.24) is 10.9 Å². The Hall–Kier alpha value is -2.42. The highest BCUT2D eigenvalue weighted by Gasteiger charge is 2.72. The second-order valence-electron chi connectivity index (χ2n) is 21.1. The topological polar surface area (TPSA) is 237 Å². The van der Waals surface area contributed by atoms with Crippen molar-refractivity contribution in [2.24, 2.45) is 33.5 Å². The number of aliphatic hydroxyl groups excluding tert-OH is 4. The van der Waals surface area contributed by atoms with Gasteiger partial charge in [0.05, 0.1) is 29.7 Å². The first-order valence-corrected chi connectivity index (χ1v) is 25.8. The number of carboxylic acids is 1. The van der Waals surface area contributed by atoms with Crippen LogP contribution in [0.4, 0.5) is 0 Å². The number of rotatable bonds is 7. The van der Waals surface area contributed by atoms with E-state index in [-0.39, 0.29) is 86.3 Å². The van der Waals surface area contributed by atoms with Gasteiger partial charge in [-0.2, -0.15) is 0 Å². The fourth-order valence-corrected chi connectivity index (χ4v) is 18.2. The molecule has 12 atom stereocenters. The van der Waals surface area contributed by atoms with Crippen LogP contribution in [-0.2, 0) is 14.2 Å². The Morgan fingerprint density at radius 3 is 2.45 bits per heavy atom. The van der Waals surface area contributed by atoms with E-state index >= 15 is 0 Å². The average molecular weight is 929 g/mol. The second-order valence-corrected chi connectivity index (χ2v) is 23.5. The number of benzene rings is 2. The van der Waals surface area contributed by atoms with E-state index in [0.29, 0.717) is 37.2 Å². The molecule has 4 saturated heterocycles. The zero-order valence-electron chi connectivity index (χ0n) is 36.7. The molecule has 8 aliphatic rings. The van der Waals surface area contributed by atoms with Crippen molar-refractivity contribution in [1.29, 1.82) is 0 Å². The molecule has 2 aromatic rings. The van der Waals surface area contributed by atoms with Gasteiger partial charge in [-0.3, -0.25) is 15.6 Å². The number of phenols is 2. The third-order valence-electron chi connectivity index (χ3n) is 18.2. The number of ketones is 1. The quantitative estimate of drug-likeness (QED) is 0.0971. The first-order chi connectivity index (χ1) is 30.6. The lowest BCUT2D eigenvalue weighted by Gasteiger charge is -2.67. The Morgan fingerprint density at radius 1 is 0.953 bits per heavy atom. The van der Waals surface area contributed by atoms with Gasteiger partial charge >= 0.3 is 5.97 Å². The number of Topliss-reactive ketones (excluding diaryl/α,β-unsaturated/α-hetero) is 1. The molecule has 8 fully saturated rings. The van der Waals surface area contributed by atoms with Gasteiger partial charge in [0, 0.05) is 46.9 Å². The highest BCUT2D eigenvalue weighted by atomic mass is 33.1. The lowest BCUT2D eigenvalue weighted by Crippen LogP contribution is -2.77. The molecule has 64 heavy (non-hydrogen) atoms. The largest absolute Gasteiger partial charge is 0.507 e. The van der Waals surface area contributed by atoms with Crippen molar-refractivity contribution in [2.45, 2.75) is 146 Å². The summed E-state index contributed by atoms with van der Waals surface area (Å²) in [6.45, 7) is 3.18. The monoisotopic (exact) mass is 928 g/mol. The number of hydrogen-bond donors (Lipinski definition) is 9. The fraction of sp³-hybridized carbons (Fsp3) is 0.745. The van der Waals surface area contributed by atoms with Crippen LogP contribution in [0.5, 0.6) is 17.2 Å². The Bertz CT molecular complexity index is 2180. The minimum Gasteiger partial charge on any atom is -0.507 e. The highest BCUT2D eigenvalue weighted by Crippen LogP contribution is 2.75. The van der Waals surface area contributed by atoms with E-state index in [4.69, 9.17) is 18.9 Å². The summed E-state index contributed by atoms with van der Waals surface area (Å²) in [5.41, 5.74) is 5.63. The summed E-state index contributed by atoms with van der Waals surface area (Å²) in [5.74, 6) is -2.17. The number of fused-ring (bicyclic) bond motifs is 2. The van der Waals surface area contributed by atoms with Gasteiger partial charge in [-0.25, -0.2) is 4.79 Å². The molecule has 4 aliphatic heterocycles. The Kier molecular flexibility index (Phi) is 11.6. The highest BCUT2D eigenvalue weighted by molar-refractivity contribution is 8.76. The first kappa shape index (κ1) is 45.4. The smallest absolute Gasteiger partial charge is 0.335 e. The van der Waals surface area contributed by atoms with Gasteiger partial charge in [0.15, 0.2) is 5.78 Å². The van der Waals surface area contributed by atoms with E-state index in [1.807, 2.05) is 0 Å². The summed E-state index contributed by atoms with van der Waals surface area (Å²) in [4.78, 5) is 25.0. The number of carbonyl (C=O) groups is 2. The number of hydrogen-bond acceptors (Lipinski definition) is 16. The third-order valence-corrected chi connectivity index (χ3v) is 20.4. The predicted octanol–water partition coefficient (Wildman–Crippen LogP) is 5.32. The molecule has 12 unspecified atom stereocenters. The van der Waals surface area contributed by atoms with Crippen LogP contribution in [0.3, 0.4) is 0 Å². The minimum absolute atomic E-state index is 0.00133. The van der Waals surface area contributed by atoms with E-state index in [2.05, 4.69) is 10.9 Å². The van der Waals surface area contributed by atoms with E-state index in [9.17, 15) is 45.3 Å².